The third-order valence-electron chi connectivity index (χ3n) is 2.79. The molecule has 0 saturated carbocycles. The number of hydrogen-bond acceptors (Lipinski definition) is 2. The van der Waals surface area contributed by atoms with Crippen molar-refractivity contribution in [3.05, 3.63) is 29.6 Å². The molecule has 0 saturated heterocycles. The highest BCUT2D eigenvalue weighted by atomic mass is 14.9. The molecule has 0 fully saturated rings. The first-order chi connectivity index (χ1) is 7.76. The molecular formula is C14H24N2. The minimum atomic E-state index is 0.650. The van der Waals surface area contributed by atoms with Crippen molar-refractivity contribution in [2.45, 2.75) is 59.0 Å². The summed E-state index contributed by atoms with van der Waals surface area (Å²) in [4.78, 5) is 4.50. The molecule has 0 bridgehead atoms. The molecule has 0 aliphatic rings. The molecule has 1 rings (SSSR count). The summed E-state index contributed by atoms with van der Waals surface area (Å²) < 4.78 is 0. The molecular weight excluding hydrogens is 196 g/mol. The average molecular weight is 220 g/mol. The van der Waals surface area contributed by atoms with Crippen molar-refractivity contribution in [2.24, 2.45) is 0 Å². The molecule has 0 atom stereocenters. The van der Waals surface area contributed by atoms with Crippen LogP contribution in [0.4, 0.5) is 0 Å². The maximum Gasteiger partial charge on any atom is 0.0544 e. The van der Waals surface area contributed by atoms with Gasteiger partial charge in [0.05, 0.1) is 5.69 Å². The first-order valence-electron chi connectivity index (χ1n) is 6.42. The second-order valence-electron chi connectivity index (χ2n) is 4.43. The van der Waals surface area contributed by atoms with Gasteiger partial charge >= 0.3 is 0 Å². The predicted octanol–water partition coefficient (Wildman–Crippen LogP) is 3.45. The number of nitrogens with one attached hydrogen (secondary N) is 1. The summed E-state index contributed by atoms with van der Waals surface area (Å²) in [5.74, 6) is 0. The van der Waals surface area contributed by atoms with Crippen molar-refractivity contribution in [1.29, 1.82) is 0 Å². The van der Waals surface area contributed by atoms with Crippen LogP contribution >= 0.6 is 0 Å². The van der Waals surface area contributed by atoms with Gasteiger partial charge in [0.25, 0.3) is 0 Å². The van der Waals surface area contributed by atoms with E-state index in [1.165, 1.54) is 25.7 Å². The zero-order valence-electron chi connectivity index (χ0n) is 10.8. The van der Waals surface area contributed by atoms with Gasteiger partial charge in [-0.1, -0.05) is 32.8 Å². The zero-order chi connectivity index (χ0) is 11.8. The number of pyridine rings is 1. The zero-order valence-corrected chi connectivity index (χ0v) is 10.8. The molecule has 0 unspecified atom stereocenters. The van der Waals surface area contributed by atoms with E-state index in [9.17, 15) is 0 Å². The van der Waals surface area contributed by atoms with E-state index in [-0.39, 0.29) is 0 Å². The van der Waals surface area contributed by atoms with Crippen molar-refractivity contribution >= 4 is 0 Å². The largest absolute Gasteiger partial charge is 0.308 e. The van der Waals surface area contributed by atoms with Gasteiger partial charge in [-0.05, 0) is 31.9 Å². The van der Waals surface area contributed by atoms with E-state index in [4.69, 9.17) is 0 Å². The molecule has 0 aliphatic heterocycles. The fourth-order valence-corrected chi connectivity index (χ4v) is 1.99. The van der Waals surface area contributed by atoms with Gasteiger partial charge in [0.2, 0.25) is 0 Å². The first-order valence-corrected chi connectivity index (χ1v) is 6.42. The van der Waals surface area contributed by atoms with E-state index in [0.717, 1.165) is 17.9 Å². The van der Waals surface area contributed by atoms with Crippen LogP contribution in [-0.2, 0) is 6.54 Å². The number of aromatic nitrogens is 1. The summed E-state index contributed by atoms with van der Waals surface area (Å²) in [6.45, 7) is 7.43. The summed E-state index contributed by atoms with van der Waals surface area (Å²) in [7, 11) is 0. The predicted molar refractivity (Wildman–Crippen MR) is 69.4 cm³/mol. The normalized spacial score (nSPS) is 11.0. The molecule has 0 aromatic carbocycles. The van der Waals surface area contributed by atoms with Gasteiger partial charge < -0.3 is 5.32 Å². The van der Waals surface area contributed by atoms with Gasteiger partial charge in [-0.2, -0.15) is 0 Å². The fourth-order valence-electron chi connectivity index (χ4n) is 1.99. The maximum atomic E-state index is 4.50. The van der Waals surface area contributed by atoms with Gasteiger partial charge in [0.15, 0.2) is 0 Å². The fraction of sp³-hybridized carbons (Fsp3) is 0.643. The number of rotatable bonds is 7. The maximum absolute atomic E-state index is 4.50. The summed E-state index contributed by atoms with van der Waals surface area (Å²) >= 11 is 0. The molecule has 2 nitrogen and oxygen atoms in total. The van der Waals surface area contributed by atoms with Crippen molar-refractivity contribution < 1.29 is 0 Å². The van der Waals surface area contributed by atoms with Crippen molar-refractivity contribution in [2.75, 3.05) is 0 Å². The van der Waals surface area contributed by atoms with Crippen LogP contribution in [0.15, 0.2) is 18.2 Å². The molecule has 0 amide bonds. The second kappa shape index (κ2) is 7.39. The molecule has 1 heterocycles. The minimum Gasteiger partial charge on any atom is -0.308 e. The molecule has 1 N–H and O–H groups in total. The molecule has 1 aromatic heterocycles. The number of hydrogen-bond donors (Lipinski definition) is 1. The quantitative estimate of drug-likeness (QED) is 0.761. The van der Waals surface area contributed by atoms with Gasteiger partial charge in [-0.15, -0.1) is 0 Å². The van der Waals surface area contributed by atoms with E-state index in [1.807, 2.05) is 13.0 Å². The van der Waals surface area contributed by atoms with Crippen LogP contribution in [0.3, 0.4) is 0 Å². The summed E-state index contributed by atoms with van der Waals surface area (Å²) in [6, 6.07) is 6.86. The molecule has 16 heavy (non-hydrogen) atoms. The standard InChI is InChI=1S/C14H24N2/c1-4-7-13(8-5-2)15-11-14-10-6-9-12(3)16-14/h6,9-10,13,15H,4-5,7-8,11H2,1-3H3. The lowest BCUT2D eigenvalue weighted by Crippen LogP contribution is -2.28. The lowest BCUT2D eigenvalue weighted by Gasteiger charge is -2.17. The Kier molecular flexibility index (Phi) is 6.09. The second-order valence-corrected chi connectivity index (χ2v) is 4.43. The Morgan fingerprint density at radius 3 is 2.44 bits per heavy atom. The van der Waals surface area contributed by atoms with E-state index in [0.29, 0.717) is 6.04 Å². The van der Waals surface area contributed by atoms with Crippen LogP contribution in [0.5, 0.6) is 0 Å². The molecule has 90 valence electrons. The Morgan fingerprint density at radius 2 is 1.88 bits per heavy atom. The smallest absolute Gasteiger partial charge is 0.0544 e. The van der Waals surface area contributed by atoms with Crippen LogP contribution in [-0.4, -0.2) is 11.0 Å². The average Bonchev–Trinajstić information content (AvgIpc) is 2.27. The SMILES string of the molecule is CCCC(CCC)NCc1cccc(C)n1. The lowest BCUT2D eigenvalue weighted by molar-refractivity contribution is 0.440. The summed E-state index contributed by atoms with van der Waals surface area (Å²) in [5.41, 5.74) is 2.25. The Labute approximate surface area is 99.5 Å². The molecule has 0 spiro atoms. The van der Waals surface area contributed by atoms with Crippen LogP contribution in [0, 0.1) is 6.92 Å². The molecule has 0 radical (unpaired) electrons. The van der Waals surface area contributed by atoms with Crippen LogP contribution in [0.25, 0.3) is 0 Å². The van der Waals surface area contributed by atoms with Crippen molar-refractivity contribution in [3.8, 4) is 0 Å². The monoisotopic (exact) mass is 220 g/mol. The summed E-state index contributed by atoms with van der Waals surface area (Å²) in [6.07, 6.45) is 5.02. The van der Waals surface area contributed by atoms with Gasteiger partial charge in [0.1, 0.15) is 0 Å². The van der Waals surface area contributed by atoms with Gasteiger partial charge in [-0.25, -0.2) is 0 Å². The lowest BCUT2D eigenvalue weighted by atomic mass is 10.1. The van der Waals surface area contributed by atoms with Gasteiger partial charge in [0, 0.05) is 18.3 Å². The third kappa shape index (κ3) is 4.75. The Hall–Kier alpha value is -0.890. The highest BCUT2D eigenvalue weighted by Crippen LogP contribution is 2.06. The Bertz CT molecular complexity index is 291. The van der Waals surface area contributed by atoms with E-state index < -0.39 is 0 Å². The van der Waals surface area contributed by atoms with Crippen LogP contribution in [0.2, 0.25) is 0 Å². The van der Waals surface area contributed by atoms with E-state index in [2.05, 4.69) is 36.3 Å². The summed E-state index contributed by atoms with van der Waals surface area (Å²) in [5, 5.41) is 3.60. The van der Waals surface area contributed by atoms with Crippen LogP contribution < -0.4 is 5.32 Å². The molecule has 2 heteroatoms. The highest BCUT2D eigenvalue weighted by Gasteiger charge is 2.05. The Morgan fingerprint density at radius 1 is 1.19 bits per heavy atom. The van der Waals surface area contributed by atoms with Crippen molar-refractivity contribution in [3.63, 3.8) is 0 Å². The van der Waals surface area contributed by atoms with E-state index in [1.54, 1.807) is 0 Å². The molecule has 0 aliphatic carbocycles. The van der Waals surface area contributed by atoms with Gasteiger partial charge in [-0.3, -0.25) is 4.98 Å². The Balaban J connectivity index is 2.41. The number of aryl methyl sites for hydroxylation is 1. The first kappa shape index (κ1) is 13.2. The highest BCUT2D eigenvalue weighted by molar-refractivity contribution is 5.09. The van der Waals surface area contributed by atoms with E-state index >= 15 is 0 Å². The third-order valence-corrected chi connectivity index (χ3v) is 2.79. The topological polar surface area (TPSA) is 24.9 Å². The minimum absolute atomic E-state index is 0.650. The number of nitrogens with zero attached hydrogens (tertiary/aromatic N) is 1. The van der Waals surface area contributed by atoms with Crippen LogP contribution in [0.1, 0.15) is 50.9 Å². The molecule has 1 aromatic rings. The van der Waals surface area contributed by atoms with Crippen molar-refractivity contribution in [1.82, 2.24) is 10.3 Å².